The van der Waals surface area contributed by atoms with Crippen LogP contribution in [-0.4, -0.2) is 4.40 Å². The maximum Gasteiger partial charge on any atom is 0.236 e. The van der Waals surface area contributed by atoms with E-state index in [4.69, 9.17) is 0 Å². The van der Waals surface area contributed by atoms with Crippen molar-refractivity contribution in [1.29, 1.82) is 0 Å². The molecular formula is C15H15IN2. The third kappa shape index (κ3) is 2.03. The maximum absolute atomic E-state index is 2.24. The molecule has 0 bridgehead atoms. The lowest BCUT2D eigenvalue weighted by Gasteiger charge is -2.05. The molecule has 0 saturated carbocycles. The van der Waals surface area contributed by atoms with E-state index in [0.29, 0.717) is 0 Å². The second kappa shape index (κ2) is 5.10. The van der Waals surface area contributed by atoms with E-state index >= 15 is 0 Å². The number of rotatable bonds is 1. The highest BCUT2D eigenvalue weighted by atomic mass is 127. The van der Waals surface area contributed by atoms with Crippen LogP contribution in [0.25, 0.3) is 16.8 Å². The lowest BCUT2D eigenvalue weighted by atomic mass is 10.1. The number of hydrogen-bond donors (Lipinski definition) is 0. The zero-order valence-corrected chi connectivity index (χ0v) is 12.6. The number of benzene rings is 1. The first-order valence-electron chi connectivity index (χ1n) is 5.79. The fraction of sp³-hybridized carbons (Fsp3) is 0.133. The molecule has 1 aromatic carbocycles. The summed E-state index contributed by atoms with van der Waals surface area (Å²) < 4.78 is 4.42. The van der Waals surface area contributed by atoms with Crippen molar-refractivity contribution in [3.8, 4) is 11.3 Å². The Morgan fingerprint density at radius 3 is 2.44 bits per heavy atom. The molecule has 92 valence electrons. The molecule has 2 aromatic heterocycles. The van der Waals surface area contributed by atoms with E-state index in [1.54, 1.807) is 0 Å². The Labute approximate surface area is 124 Å². The van der Waals surface area contributed by atoms with Gasteiger partial charge in [0.1, 0.15) is 12.6 Å². The summed E-state index contributed by atoms with van der Waals surface area (Å²) in [6.45, 7) is 2.13. The van der Waals surface area contributed by atoms with Crippen LogP contribution >= 0.6 is 0 Å². The Balaban J connectivity index is 0.00000120. The van der Waals surface area contributed by atoms with Crippen LogP contribution < -0.4 is 28.5 Å². The van der Waals surface area contributed by atoms with E-state index < -0.39 is 0 Å². The van der Waals surface area contributed by atoms with Crippen molar-refractivity contribution in [2.24, 2.45) is 7.05 Å². The molecule has 2 nitrogen and oxygen atoms in total. The minimum absolute atomic E-state index is 0. The number of nitrogens with zero attached hydrogens (tertiary/aromatic N) is 2. The third-order valence-electron chi connectivity index (χ3n) is 3.26. The molecule has 3 aromatic rings. The molecule has 0 radical (unpaired) electrons. The molecule has 18 heavy (non-hydrogen) atoms. The molecular weight excluding hydrogens is 335 g/mol. The first-order chi connectivity index (χ1) is 8.27. The van der Waals surface area contributed by atoms with E-state index in [0.717, 1.165) is 0 Å². The van der Waals surface area contributed by atoms with Crippen molar-refractivity contribution < 1.29 is 28.5 Å². The average Bonchev–Trinajstić information content (AvgIpc) is 2.79. The van der Waals surface area contributed by atoms with Crippen LogP contribution in [0.4, 0.5) is 0 Å². The fourth-order valence-electron chi connectivity index (χ4n) is 2.28. The summed E-state index contributed by atoms with van der Waals surface area (Å²) in [4.78, 5) is 0. The van der Waals surface area contributed by atoms with Crippen molar-refractivity contribution in [1.82, 2.24) is 4.40 Å². The highest BCUT2D eigenvalue weighted by Gasteiger charge is 2.17. The van der Waals surface area contributed by atoms with Gasteiger partial charge in [0.25, 0.3) is 0 Å². The van der Waals surface area contributed by atoms with Gasteiger partial charge < -0.3 is 28.4 Å². The van der Waals surface area contributed by atoms with Gasteiger partial charge in [0, 0.05) is 18.7 Å². The van der Waals surface area contributed by atoms with Crippen LogP contribution in [0.2, 0.25) is 0 Å². The number of hydrogen-bond acceptors (Lipinski definition) is 0. The number of fused-ring (bicyclic) bond motifs is 1. The molecule has 0 saturated heterocycles. The predicted molar refractivity (Wildman–Crippen MR) is 68.7 cm³/mol. The van der Waals surface area contributed by atoms with Crippen LogP contribution in [0.5, 0.6) is 0 Å². The zero-order valence-electron chi connectivity index (χ0n) is 10.5. The molecule has 3 rings (SSSR count). The highest BCUT2D eigenvalue weighted by Crippen LogP contribution is 2.21. The lowest BCUT2D eigenvalue weighted by Crippen LogP contribution is -3.00. The van der Waals surface area contributed by atoms with Crippen LogP contribution in [0, 0.1) is 6.92 Å². The van der Waals surface area contributed by atoms with Crippen molar-refractivity contribution in [3.63, 3.8) is 0 Å². The highest BCUT2D eigenvalue weighted by molar-refractivity contribution is 5.74. The SMILES string of the molecule is Cc1cn2cccc2c(-c2ccccc2)[n+]1C.[I-]. The topological polar surface area (TPSA) is 8.29 Å². The maximum atomic E-state index is 2.24. The van der Waals surface area contributed by atoms with Gasteiger partial charge in [-0.25, -0.2) is 0 Å². The predicted octanol–water partition coefficient (Wildman–Crippen LogP) is -0.257. The molecule has 0 aliphatic carbocycles. The van der Waals surface area contributed by atoms with Crippen molar-refractivity contribution in [3.05, 3.63) is 60.6 Å². The Kier molecular flexibility index (Phi) is 3.71. The Morgan fingerprint density at radius 1 is 1.00 bits per heavy atom. The van der Waals surface area contributed by atoms with Gasteiger partial charge in [-0.05, 0) is 24.3 Å². The average molecular weight is 350 g/mol. The molecule has 0 spiro atoms. The molecule has 0 unspecified atom stereocenters. The third-order valence-corrected chi connectivity index (χ3v) is 3.26. The van der Waals surface area contributed by atoms with E-state index in [9.17, 15) is 0 Å². The van der Waals surface area contributed by atoms with Crippen molar-refractivity contribution >= 4 is 5.52 Å². The minimum atomic E-state index is 0. The second-order valence-corrected chi connectivity index (χ2v) is 4.34. The molecule has 0 fully saturated rings. The van der Waals surface area contributed by atoms with E-state index in [1.807, 2.05) is 0 Å². The monoisotopic (exact) mass is 350 g/mol. The van der Waals surface area contributed by atoms with Gasteiger partial charge in [-0.15, -0.1) is 0 Å². The summed E-state index contributed by atoms with van der Waals surface area (Å²) >= 11 is 0. The number of aryl methyl sites for hydroxylation is 1. The Morgan fingerprint density at radius 2 is 1.72 bits per heavy atom. The summed E-state index contributed by atoms with van der Waals surface area (Å²) in [6, 6.07) is 14.8. The van der Waals surface area contributed by atoms with Crippen molar-refractivity contribution in [2.45, 2.75) is 6.92 Å². The van der Waals surface area contributed by atoms with E-state index in [1.165, 1.54) is 22.5 Å². The smallest absolute Gasteiger partial charge is 0.236 e. The molecule has 0 atom stereocenters. The minimum Gasteiger partial charge on any atom is -1.00 e. The van der Waals surface area contributed by atoms with Crippen LogP contribution in [-0.2, 0) is 7.05 Å². The number of halogens is 1. The first kappa shape index (κ1) is 13.1. The number of aromatic nitrogens is 2. The second-order valence-electron chi connectivity index (χ2n) is 4.34. The molecule has 2 heterocycles. The summed E-state index contributed by atoms with van der Waals surface area (Å²) in [5.41, 5.74) is 5.00. The molecule has 0 aliphatic heterocycles. The van der Waals surface area contributed by atoms with Gasteiger partial charge in [0.05, 0.1) is 6.20 Å². The molecule has 3 heteroatoms. The molecule has 0 amide bonds. The van der Waals surface area contributed by atoms with Gasteiger partial charge in [0.15, 0.2) is 5.69 Å². The van der Waals surface area contributed by atoms with E-state index in [2.05, 4.69) is 77.8 Å². The van der Waals surface area contributed by atoms with Gasteiger partial charge >= 0.3 is 0 Å². The van der Waals surface area contributed by atoms with Crippen molar-refractivity contribution in [2.75, 3.05) is 0 Å². The standard InChI is InChI=1S/C15H15N2.HI/c1-12-11-17-10-6-9-14(17)15(16(12)2)13-7-4-3-5-8-13;/h3-11H,1-2H3;1H/q+1;/p-1. The fourth-order valence-corrected chi connectivity index (χ4v) is 2.28. The first-order valence-corrected chi connectivity index (χ1v) is 5.79. The molecule has 0 N–H and O–H groups in total. The van der Waals surface area contributed by atoms with Gasteiger partial charge in [-0.1, -0.05) is 18.2 Å². The van der Waals surface area contributed by atoms with Gasteiger partial charge in [-0.2, -0.15) is 4.57 Å². The summed E-state index contributed by atoms with van der Waals surface area (Å²) in [5.74, 6) is 0. The molecule has 0 aliphatic rings. The Bertz CT molecular complexity index is 672. The van der Waals surface area contributed by atoms with Gasteiger partial charge in [0.2, 0.25) is 5.69 Å². The van der Waals surface area contributed by atoms with Crippen LogP contribution in [0.3, 0.4) is 0 Å². The Hall–Kier alpha value is -1.36. The summed E-state index contributed by atoms with van der Waals surface area (Å²) in [5, 5.41) is 0. The zero-order chi connectivity index (χ0) is 11.8. The van der Waals surface area contributed by atoms with Crippen LogP contribution in [0.15, 0.2) is 54.9 Å². The van der Waals surface area contributed by atoms with Crippen LogP contribution in [0.1, 0.15) is 5.69 Å². The lowest BCUT2D eigenvalue weighted by molar-refractivity contribution is -0.666. The summed E-state index contributed by atoms with van der Waals surface area (Å²) in [7, 11) is 2.12. The quantitative estimate of drug-likeness (QED) is 0.423. The normalized spacial score (nSPS) is 10.3. The summed E-state index contributed by atoms with van der Waals surface area (Å²) in [6.07, 6.45) is 4.25. The van der Waals surface area contributed by atoms with E-state index in [-0.39, 0.29) is 24.0 Å². The van der Waals surface area contributed by atoms with Gasteiger partial charge in [-0.3, -0.25) is 0 Å². The largest absolute Gasteiger partial charge is 1.00 e.